The van der Waals surface area contributed by atoms with E-state index in [1.165, 1.54) is 10.6 Å². The molecule has 0 bridgehead atoms. The van der Waals surface area contributed by atoms with Crippen molar-refractivity contribution in [2.24, 2.45) is 0 Å². The summed E-state index contributed by atoms with van der Waals surface area (Å²) < 4.78 is 24.5. The van der Waals surface area contributed by atoms with E-state index in [-0.39, 0.29) is 18.9 Å². The molecule has 124 valence electrons. The first-order chi connectivity index (χ1) is 10.2. The van der Waals surface area contributed by atoms with Gasteiger partial charge in [-0.05, 0) is 30.7 Å². The minimum Gasteiger partial charge on any atom is -0.378 e. The second-order valence-electron chi connectivity index (χ2n) is 5.40. The molecule has 6 nitrogen and oxygen atoms in total. The lowest BCUT2D eigenvalue weighted by molar-refractivity contribution is -0.116. The van der Waals surface area contributed by atoms with Gasteiger partial charge in [-0.25, -0.2) is 12.7 Å². The van der Waals surface area contributed by atoms with Gasteiger partial charge in [0.1, 0.15) is 0 Å². The van der Waals surface area contributed by atoms with Crippen LogP contribution < -0.4 is 10.2 Å². The first-order valence-electron chi connectivity index (χ1n) is 7.26. The molecule has 1 N–H and O–H groups in total. The number of rotatable bonds is 8. The molecule has 0 radical (unpaired) electrons. The van der Waals surface area contributed by atoms with E-state index in [2.05, 4.69) is 5.32 Å². The summed E-state index contributed by atoms with van der Waals surface area (Å²) in [6, 6.07) is 7.48. The number of amides is 1. The van der Waals surface area contributed by atoms with Crippen LogP contribution in [0.1, 0.15) is 19.8 Å². The van der Waals surface area contributed by atoms with Crippen molar-refractivity contribution in [1.82, 2.24) is 4.31 Å². The minimum atomic E-state index is -3.26. The van der Waals surface area contributed by atoms with Gasteiger partial charge < -0.3 is 10.2 Å². The number of anilines is 2. The molecule has 0 aliphatic rings. The van der Waals surface area contributed by atoms with Gasteiger partial charge in [-0.15, -0.1) is 0 Å². The molecule has 0 heterocycles. The fraction of sp³-hybridized carbons (Fsp3) is 0.533. The molecule has 0 atom stereocenters. The van der Waals surface area contributed by atoms with Gasteiger partial charge in [-0.2, -0.15) is 0 Å². The van der Waals surface area contributed by atoms with Crippen LogP contribution in [-0.4, -0.2) is 52.1 Å². The van der Waals surface area contributed by atoms with Crippen molar-refractivity contribution in [3.8, 4) is 0 Å². The largest absolute Gasteiger partial charge is 0.378 e. The van der Waals surface area contributed by atoms with Gasteiger partial charge in [0, 0.05) is 45.0 Å². The van der Waals surface area contributed by atoms with Crippen LogP contribution in [0.4, 0.5) is 11.4 Å². The number of nitrogens with zero attached hydrogens (tertiary/aromatic N) is 2. The van der Waals surface area contributed by atoms with Gasteiger partial charge in [0.15, 0.2) is 0 Å². The smallest absolute Gasteiger partial charge is 0.225 e. The Labute approximate surface area is 133 Å². The van der Waals surface area contributed by atoms with Crippen LogP contribution in [0.5, 0.6) is 0 Å². The number of carbonyl (C=O) groups is 1. The van der Waals surface area contributed by atoms with E-state index in [0.29, 0.717) is 12.2 Å². The lowest BCUT2D eigenvalue weighted by atomic mass is 10.2. The predicted octanol–water partition coefficient (Wildman–Crippen LogP) is 1.75. The zero-order valence-electron chi connectivity index (χ0n) is 13.7. The lowest BCUT2D eigenvalue weighted by Crippen LogP contribution is -2.33. The lowest BCUT2D eigenvalue weighted by Gasteiger charge is -2.18. The van der Waals surface area contributed by atoms with Crippen molar-refractivity contribution < 1.29 is 13.2 Å². The molecule has 0 aliphatic heterocycles. The molecule has 0 aromatic heterocycles. The standard InChI is InChI=1S/C15H25N3O3S/c1-5-11-18(22(4,20)21)12-10-15(19)16-13-6-8-14(9-7-13)17(2)3/h6-9H,5,10-12H2,1-4H3,(H,16,19). The number of benzene rings is 1. The van der Waals surface area contributed by atoms with E-state index >= 15 is 0 Å². The molecular formula is C15H25N3O3S. The van der Waals surface area contributed by atoms with Gasteiger partial charge >= 0.3 is 0 Å². The number of hydrogen-bond donors (Lipinski definition) is 1. The van der Waals surface area contributed by atoms with E-state index in [0.717, 1.165) is 12.1 Å². The Kier molecular flexibility index (Phi) is 6.83. The Morgan fingerprint density at radius 1 is 1.14 bits per heavy atom. The average molecular weight is 327 g/mol. The van der Waals surface area contributed by atoms with Crippen molar-refractivity contribution in [1.29, 1.82) is 0 Å². The molecule has 22 heavy (non-hydrogen) atoms. The molecule has 0 fully saturated rings. The van der Waals surface area contributed by atoms with E-state index in [9.17, 15) is 13.2 Å². The van der Waals surface area contributed by atoms with E-state index < -0.39 is 10.0 Å². The molecule has 1 aromatic carbocycles. The summed E-state index contributed by atoms with van der Waals surface area (Å²) in [4.78, 5) is 13.9. The fourth-order valence-corrected chi connectivity index (χ4v) is 2.92. The number of hydrogen-bond acceptors (Lipinski definition) is 4. The normalized spacial score (nSPS) is 11.5. The van der Waals surface area contributed by atoms with E-state index in [1.54, 1.807) is 0 Å². The molecule has 1 rings (SSSR count). The zero-order valence-corrected chi connectivity index (χ0v) is 14.5. The molecule has 0 unspecified atom stereocenters. The highest BCUT2D eigenvalue weighted by Gasteiger charge is 2.16. The Morgan fingerprint density at radius 2 is 1.73 bits per heavy atom. The number of nitrogens with one attached hydrogen (secondary N) is 1. The second kappa shape index (κ2) is 8.14. The second-order valence-corrected chi connectivity index (χ2v) is 7.38. The first-order valence-corrected chi connectivity index (χ1v) is 9.11. The Balaban J connectivity index is 2.55. The topological polar surface area (TPSA) is 69.7 Å². The summed E-state index contributed by atoms with van der Waals surface area (Å²) >= 11 is 0. The maximum absolute atomic E-state index is 11.9. The van der Waals surface area contributed by atoms with Crippen LogP contribution in [0.25, 0.3) is 0 Å². The van der Waals surface area contributed by atoms with Gasteiger partial charge in [0.25, 0.3) is 0 Å². The van der Waals surface area contributed by atoms with Gasteiger partial charge in [0.2, 0.25) is 15.9 Å². The van der Waals surface area contributed by atoms with Gasteiger partial charge in [0.05, 0.1) is 6.26 Å². The van der Waals surface area contributed by atoms with Crippen LogP contribution in [0.15, 0.2) is 24.3 Å². The quantitative estimate of drug-likeness (QED) is 0.790. The Bertz CT molecular complexity index is 583. The summed E-state index contributed by atoms with van der Waals surface area (Å²) in [6.07, 6.45) is 2.03. The van der Waals surface area contributed by atoms with Crippen molar-refractivity contribution in [3.05, 3.63) is 24.3 Å². The Morgan fingerprint density at radius 3 is 2.18 bits per heavy atom. The summed E-state index contributed by atoms with van der Waals surface area (Å²) in [6.45, 7) is 2.54. The molecule has 0 aliphatic carbocycles. The molecule has 7 heteroatoms. The van der Waals surface area contributed by atoms with Crippen LogP contribution >= 0.6 is 0 Å². The summed E-state index contributed by atoms with van der Waals surface area (Å²) in [5.41, 5.74) is 1.75. The fourth-order valence-electron chi connectivity index (χ4n) is 1.99. The highest BCUT2D eigenvalue weighted by Crippen LogP contribution is 2.15. The van der Waals surface area contributed by atoms with Crippen LogP contribution in [0.2, 0.25) is 0 Å². The SMILES string of the molecule is CCCN(CCC(=O)Nc1ccc(N(C)C)cc1)S(C)(=O)=O. The predicted molar refractivity (Wildman–Crippen MR) is 90.7 cm³/mol. The van der Waals surface area contributed by atoms with Crippen LogP contribution in [0, 0.1) is 0 Å². The van der Waals surface area contributed by atoms with Crippen molar-refractivity contribution in [3.63, 3.8) is 0 Å². The first kappa shape index (κ1) is 18.4. The average Bonchev–Trinajstić information content (AvgIpc) is 2.42. The number of sulfonamides is 1. The van der Waals surface area contributed by atoms with Crippen LogP contribution in [-0.2, 0) is 14.8 Å². The number of carbonyl (C=O) groups excluding carboxylic acids is 1. The van der Waals surface area contributed by atoms with Crippen molar-refractivity contribution in [2.75, 3.05) is 43.7 Å². The maximum Gasteiger partial charge on any atom is 0.225 e. The van der Waals surface area contributed by atoms with Crippen molar-refractivity contribution in [2.45, 2.75) is 19.8 Å². The zero-order chi connectivity index (χ0) is 16.8. The molecule has 1 aromatic rings. The molecule has 0 spiro atoms. The summed E-state index contributed by atoms with van der Waals surface area (Å²) in [7, 11) is 0.628. The van der Waals surface area contributed by atoms with E-state index in [1.807, 2.05) is 50.2 Å². The Hall–Kier alpha value is -1.60. The maximum atomic E-state index is 11.9. The highest BCUT2D eigenvalue weighted by atomic mass is 32.2. The molecule has 1 amide bonds. The molecule has 0 saturated carbocycles. The van der Waals surface area contributed by atoms with Crippen LogP contribution in [0.3, 0.4) is 0 Å². The third-order valence-electron chi connectivity index (χ3n) is 3.20. The molecule has 0 saturated heterocycles. The third kappa shape index (κ3) is 6.03. The highest BCUT2D eigenvalue weighted by molar-refractivity contribution is 7.88. The monoisotopic (exact) mass is 327 g/mol. The molecular weight excluding hydrogens is 302 g/mol. The minimum absolute atomic E-state index is 0.141. The van der Waals surface area contributed by atoms with Gasteiger partial charge in [-0.3, -0.25) is 4.79 Å². The van der Waals surface area contributed by atoms with E-state index in [4.69, 9.17) is 0 Å². The van der Waals surface area contributed by atoms with Gasteiger partial charge in [-0.1, -0.05) is 6.92 Å². The third-order valence-corrected chi connectivity index (χ3v) is 4.50. The summed E-state index contributed by atoms with van der Waals surface area (Å²) in [5.74, 6) is -0.192. The van der Waals surface area contributed by atoms with Crippen molar-refractivity contribution >= 4 is 27.3 Å². The summed E-state index contributed by atoms with van der Waals surface area (Å²) in [5, 5.41) is 2.78.